The Bertz CT molecular complexity index is 639. The molecular weight excluding hydrogens is 304 g/mol. The minimum Gasteiger partial charge on any atom is -0.454 e. The van der Waals surface area contributed by atoms with Crippen LogP contribution in [-0.4, -0.2) is 43.2 Å². The number of hydrogen-bond acceptors (Lipinski definition) is 5. The Morgan fingerprint density at radius 1 is 1.41 bits per heavy atom. The monoisotopic (exact) mass is 318 g/mol. The van der Waals surface area contributed by atoms with E-state index in [1.807, 2.05) is 12.1 Å². The third-order valence-electron chi connectivity index (χ3n) is 2.85. The molecule has 2 rings (SSSR count). The molecule has 1 aliphatic rings. The number of carbonyl (C=O) groups is 3. The first-order chi connectivity index (χ1) is 10.6. The summed E-state index contributed by atoms with van der Waals surface area (Å²) >= 11 is 1.43. The molecule has 1 N–H and O–H groups in total. The summed E-state index contributed by atoms with van der Waals surface area (Å²) in [7, 11) is 0. The minimum absolute atomic E-state index is 0.0750. The van der Waals surface area contributed by atoms with Crippen molar-refractivity contribution in [3.8, 4) is 12.3 Å². The number of rotatable bonds is 5. The van der Waals surface area contributed by atoms with Crippen LogP contribution in [0.25, 0.3) is 0 Å². The van der Waals surface area contributed by atoms with E-state index < -0.39 is 18.5 Å². The number of nitrogens with zero attached hydrogens (tertiary/aromatic N) is 1. The molecular formula is C15H14N2O4S. The van der Waals surface area contributed by atoms with Crippen molar-refractivity contribution in [1.29, 1.82) is 0 Å². The average molecular weight is 318 g/mol. The van der Waals surface area contributed by atoms with Crippen molar-refractivity contribution in [3.63, 3.8) is 0 Å². The molecule has 7 heteroatoms. The van der Waals surface area contributed by atoms with Crippen LogP contribution in [0, 0.1) is 12.3 Å². The van der Waals surface area contributed by atoms with Crippen LogP contribution in [0.4, 0.5) is 5.69 Å². The van der Waals surface area contributed by atoms with Gasteiger partial charge in [-0.25, -0.2) is 0 Å². The second-order valence-corrected chi connectivity index (χ2v) is 5.39. The number of esters is 1. The van der Waals surface area contributed by atoms with Crippen LogP contribution in [0.1, 0.15) is 0 Å². The molecule has 0 fully saturated rings. The highest BCUT2D eigenvalue weighted by Crippen LogP contribution is 2.34. The Morgan fingerprint density at radius 2 is 2.18 bits per heavy atom. The van der Waals surface area contributed by atoms with E-state index in [0.717, 1.165) is 4.90 Å². The van der Waals surface area contributed by atoms with E-state index in [1.165, 1.54) is 16.7 Å². The largest absolute Gasteiger partial charge is 0.454 e. The first-order valence-corrected chi connectivity index (χ1v) is 7.48. The third kappa shape index (κ3) is 4.02. The van der Waals surface area contributed by atoms with Gasteiger partial charge < -0.3 is 10.1 Å². The number of carbonyl (C=O) groups excluding carboxylic acids is 3. The van der Waals surface area contributed by atoms with Crippen LogP contribution in [-0.2, 0) is 19.1 Å². The maximum Gasteiger partial charge on any atom is 0.326 e. The number of terminal acetylenes is 1. The second kappa shape index (κ2) is 7.52. The number of para-hydroxylation sites is 1. The standard InChI is InChI=1S/C15H14N2O4S/c1-2-7-16-13(18)9-21-15(20)8-17-11-5-3-4-6-12(11)22-10-14(17)19/h1,3-6H,7-10H2,(H,16,18). The summed E-state index contributed by atoms with van der Waals surface area (Å²) < 4.78 is 4.85. The summed E-state index contributed by atoms with van der Waals surface area (Å²) in [6, 6.07) is 7.32. The predicted octanol–water partition coefficient (Wildman–Crippen LogP) is 0.418. The maximum absolute atomic E-state index is 12.0. The molecule has 0 aliphatic carbocycles. The third-order valence-corrected chi connectivity index (χ3v) is 3.89. The van der Waals surface area contributed by atoms with Gasteiger partial charge in [0.25, 0.3) is 5.91 Å². The number of fused-ring (bicyclic) bond motifs is 1. The Labute approximate surface area is 132 Å². The Kier molecular flexibility index (Phi) is 5.44. The summed E-state index contributed by atoms with van der Waals surface area (Å²) in [5.74, 6) is 1.22. The van der Waals surface area contributed by atoms with E-state index in [2.05, 4.69) is 11.2 Å². The van der Waals surface area contributed by atoms with Crippen molar-refractivity contribution >= 4 is 35.2 Å². The zero-order valence-electron chi connectivity index (χ0n) is 11.7. The van der Waals surface area contributed by atoms with E-state index in [9.17, 15) is 14.4 Å². The van der Waals surface area contributed by atoms with Crippen molar-refractivity contribution in [1.82, 2.24) is 5.32 Å². The van der Waals surface area contributed by atoms with Gasteiger partial charge in [-0.05, 0) is 12.1 Å². The number of nitrogens with one attached hydrogen (secondary N) is 1. The Balaban J connectivity index is 1.93. The van der Waals surface area contributed by atoms with Crippen LogP contribution in [0.15, 0.2) is 29.2 Å². The van der Waals surface area contributed by atoms with Gasteiger partial charge >= 0.3 is 5.97 Å². The van der Waals surface area contributed by atoms with Gasteiger partial charge in [-0.15, -0.1) is 18.2 Å². The van der Waals surface area contributed by atoms with Gasteiger partial charge in [0, 0.05) is 4.90 Å². The lowest BCUT2D eigenvalue weighted by atomic mass is 10.2. The number of hydrogen-bond donors (Lipinski definition) is 1. The van der Waals surface area contributed by atoms with Crippen molar-refractivity contribution in [2.45, 2.75) is 4.90 Å². The molecule has 0 spiro atoms. The van der Waals surface area contributed by atoms with Crippen molar-refractivity contribution < 1.29 is 19.1 Å². The lowest BCUT2D eigenvalue weighted by Gasteiger charge is -2.27. The quantitative estimate of drug-likeness (QED) is 0.629. The van der Waals surface area contributed by atoms with Gasteiger partial charge in [-0.2, -0.15) is 0 Å². The van der Waals surface area contributed by atoms with Gasteiger partial charge in [0.05, 0.1) is 18.0 Å². The smallest absolute Gasteiger partial charge is 0.326 e. The lowest BCUT2D eigenvalue weighted by molar-refractivity contribution is -0.147. The van der Waals surface area contributed by atoms with Crippen molar-refractivity contribution in [3.05, 3.63) is 24.3 Å². The number of benzene rings is 1. The van der Waals surface area contributed by atoms with Crippen LogP contribution in [0.5, 0.6) is 0 Å². The van der Waals surface area contributed by atoms with E-state index in [4.69, 9.17) is 11.2 Å². The van der Waals surface area contributed by atoms with Crippen LogP contribution < -0.4 is 10.2 Å². The molecule has 1 aliphatic heterocycles. The molecule has 114 valence electrons. The topological polar surface area (TPSA) is 75.7 Å². The minimum atomic E-state index is -0.647. The molecule has 6 nitrogen and oxygen atoms in total. The molecule has 0 saturated heterocycles. The van der Waals surface area contributed by atoms with Crippen molar-refractivity contribution in [2.75, 3.05) is 30.3 Å². The fourth-order valence-corrected chi connectivity index (χ4v) is 2.78. The normalized spacial score (nSPS) is 13.0. The van der Waals surface area contributed by atoms with Gasteiger partial charge in [-0.3, -0.25) is 19.3 Å². The van der Waals surface area contributed by atoms with E-state index in [1.54, 1.807) is 12.1 Å². The van der Waals surface area contributed by atoms with Crippen LogP contribution in [0.2, 0.25) is 0 Å². The molecule has 2 amide bonds. The van der Waals surface area contributed by atoms with Gasteiger partial charge in [0.15, 0.2) is 6.61 Å². The molecule has 0 atom stereocenters. The predicted molar refractivity (Wildman–Crippen MR) is 82.3 cm³/mol. The Hall–Kier alpha value is -2.46. The molecule has 0 aromatic heterocycles. The SMILES string of the molecule is C#CCNC(=O)COC(=O)CN1C(=O)CSc2ccccc21. The fourth-order valence-electron chi connectivity index (χ4n) is 1.85. The van der Waals surface area contributed by atoms with E-state index in [0.29, 0.717) is 5.69 Å². The molecule has 0 radical (unpaired) electrons. The van der Waals surface area contributed by atoms with Gasteiger partial charge in [0.2, 0.25) is 5.91 Å². The second-order valence-electron chi connectivity index (χ2n) is 4.38. The highest BCUT2D eigenvalue weighted by atomic mass is 32.2. The first kappa shape index (κ1) is 15.9. The zero-order chi connectivity index (χ0) is 15.9. The first-order valence-electron chi connectivity index (χ1n) is 6.50. The number of amides is 2. The molecule has 0 saturated carbocycles. The lowest BCUT2D eigenvalue weighted by Crippen LogP contribution is -2.40. The van der Waals surface area contributed by atoms with Crippen LogP contribution >= 0.6 is 11.8 Å². The summed E-state index contributed by atoms with van der Waals surface area (Å²) in [5.41, 5.74) is 0.678. The summed E-state index contributed by atoms with van der Waals surface area (Å²) in [4.78, 5) is 37.4. The number of anilines is 1. The van der Waals surface area contributed by atoms with Crippen LogP contribution in [0.3, 0.4) is 0 Å². The molecule has 0 bridgehead atoms. The van der Waals surface area contributed by atoms with Crippen molar-refractivity contribution in [2.24, 2.45) is 0 Å². The van der Waals surface area contributed by atoms with E-state index >= 15 is 0 Å². The van der Waals surface area contributed by atoms with Gasteiger partial charge in [0.1, 0.15) is 6.54 Å². The summed E-state index contributed by atoms with van der Waals surface area (Å²) in [6.07, 6.45) is 5.00. The Morgan fingerprint density at radius 3 is 2.95 bits per heavy atom. The highest BCUT2D eigenvalue weighted by Gasteiger charge is 2.26. The van der Waals surface area contributed by atoms with Gasteiger partial charge in [-0.1, -0.05) is 18.1 Å². The molecule has 1 aromatic rings. The van der Waals surface area contributed by atoms with E-state index in [-0.39, 0.29) is 24.7 Å². The maximum atomic E-state index is 12.0. The molecule has 1 heterocycles. The summed E-state index contributed by atoms with van der Waals surface area (Å²) in [5, 5.41) is 2.38. The zero-order valence-corrected chi connectivity index (χ0v) is 12.5. The number of ether oxygens (including phenoxy) is 1. The molecule has 1 aromatic carbocycles. The highest BCUT2D eigenvalue weighted by molar-refractivity contribution is 8.00. The molecule has 22 heavy (non-hydrogen) atoms. The number of thioether (sulfide) groups is 1. The fraction of sp³-hybridized carbons (Fsp3) is 0.267. The average Bonchev–Trinajstić information content (AvgIpc) is 2.53. The molecule has 0 unspecified atom stereocenters. The summed E-state index contributed by atoms with van der Waals surface area (Å²) in [6.45, 7) is -0.566.